The number of fused-ring (bicyclic) bond motifs is 1. The van der Waals surface area contributed by atoms with Crippen molar-refractivity contribution in [3.05, 3.63) is 89.1 Å². The summed E-state index contributed by atoms with van der Waals surface area (Å²) < 4.78 is 16.0. The molecule has 3 aromatic rings. The van der Waals surface area contributed by atoms with Gasteiger partial charge in [-0.25, -0.2) is 0 Å². The van der Waals surface area contributed by atoms with Gasteiger partial charge in [0.25, 0.3) is 11.8 Å². The van der Waals surface area contributed by atoms with Crippen molar-refractivity contribution in [1.29, 1.82) is 0 Å². The molecule has 162 valence electrons. The predicted octanol–water partition coefficient (Wildman–Crippen LogP) is 4.14. The normalized spacial score (nSPS) is 12.2. The molecular formula is C25H22N2O5. The molecule has 0 spiro atoms. The van der Waals surface area contributed by atoms with E-state index in [1.807, 2.05) is 19.1 Å². The van der Waals surface area contributed by atoms with E-state index in [0.717, 1.165) is 5.56 Å². The van der Waals surface area contributed by atoms with Crippen LogP contribution in [0.5, 0.6) is 17.2 Å². The van der Waals surface area contributed by atoms with Gasteiger partial charge in [-0.3, -0.25) is 9.59 Å². The van der Waals surface area contributed by atoms with Crippen molar-refractivity contribution in [2.24, 2.45) is 0 Å². The van der Waals surface area contributed by atoms with Gasteiger partial charge >= 0.3 is 0 Å². The first-order valence-corrected chi connectivity index (χ1v) is 9.97. The molecule has 0 saturated carbocycles. The number of aryl methyl sites for hydroxylation is 1. The zero-order valence-electron chi connectivity index (χ0n) is 17.7. The lowest BCUT2D eigenvalue weighted by Crippen LogP contribution is -2.31. The molecule has 1 aliphatic rings. The number of hydrogen-bond donors (Lipinski definition) is 2. The first kappa shape index (κ1) is 21.0. The first-order chi connectivity index (χ1) is 15.5. The molecule has 2 amide bonds. The van der Waals surface area contributed by atoms with E-state index in [1.54, 1.807) is 60.7 Å². The average Bonchev–Trinajstić information content (AvgIpc) is 3.28. The fourth-order valence-corrected chi connectivity index (χ4v) is 3.19. The standard InChI is InChI=1S/C25H22N2O5/c1-16-7-10-18(11-8-16)26-25(29)20(13-17-9-12-22-23(14-17)32-15-31-22)27-24(28)19-5-3-4-6-21(19)30-2/h3-14H,15H2,1-2H3,(H,26,29)(H,27,28). The molecule has 0 atom stereocenters. The van der Waals surface area contributed by atoms with E-state index >= 15 is 0 Å². The van der Waals surface area contributed by atoms with E-state index < -0.39 is 11.8 Å². The summed E-state index contributed by atoms with van der Waals surface area (Å²) in [6.07, 6.45) is 1.58. The lowest BCUT2D eigenvalue weighted by Gasteiger charge is -2.13. The van der Waals surface area contributed by atoms with E-state index in [-0.39, 0.29) is 12.5 Å². The minimum atomic E-state index is -0.464. The second-order valence-corrected chi connectivity index (χ2v) is 7.15. The summed E-state index contributed by atoms with van der Waals surface area (Å²) in [6, 6.07) is 19.5. The predicted molar refractivity (Wildman–Crippen MR) is 121 cm³/mol. The van der Waals surface area contributed by atoms with Crippen LogP contribution in [-0.4, -0.2) is 25.7 Å². The van der Waals surface area contributed by atoms with Gasteiger partial charge in [0, 0.05) is 5.69 Å². The van der Waals surface area contributed by atoms with E-state index in [4.69, 9.17) is 14.2 Å². The molecule has 0 saturated heterocycles. The highest BCUT2D eigenvalue weighted by atomic mass is 16.7. The molecule has 0 unspecified atom stereocenters. The molecule has 7 heteroatoms. The minimum Gasteiger partial charge on any atom is -0.496 e. The number of nitrogens with one attached hydrogen (secondary N) is 2. The van der Waals surface area contributed by atoms with Crippen LogP contribution in [0.1, 0.15) is 21.5 Å². The number of para-hydroxylation sites is 1. The van der Waals surface area contributed by atoms with Crippen LogP contribution in [0.3, 0.4) is 0 Å². The van der Waals surface area contributed by atoms with Crippen LogP contribution in [0.2, 0.25) is 0 Å². The molecule has 1 heterocycles. The average molecular weight is 430 g/mol. The van der Waals surface area contributed by atoms with Crippen LogP contribution in [0.15, 0.2) is 72.4 Å². The summed E-state index contributed by atoms with van der Waals surface area (Å²) in [6.45, 7) is 2.11. The number of anilines is 1. The third-order valence-electron chi connectivity index (χ3n) is 4.86. The van der Waals surface area contributed by atoms with Gasteiger partial charge in [-0.15, -0.1) is 0 Å². The lowest BCUT2D eigenvalue weighted by molar-refractivity contribution is -0.113. The minimum absolute atomic E-state index is 0.0698. The fraction of sp³-hybridized carbons (Fsp3) is 0.120. The number of hydrogen-bond acceptors (Lipinski definition) is 5. The molecule has 1 aliphatic heterocycles. The molecule has 2 N–H and O–H groups in total. The van der Waals surface area contributed by atoms with Crippen LogP contribution < -0.4 is 24.8 Å². The highest BCUT2D eigenvalue weighted by Crippen LogP contribution is 2.33. The zero-order chi connectivity index (χ0) is 22.5. The molecule has 4 rings (SSSR count). The summed E-state index contributed by atoms with van der Waals surface area (Å²) in [5.41, 5.74) is 2.74. The van der Waals surface area contributed by atoms with E-state index in [2.05, 4.69) is 10.6 Å². The number of carbonyl (C=O) groups excluding carboxylic acids is 2. The van der Waals surface area contributed by atoms with Gasteiger partial charge in [-0.1, -0.05) is 35.9 Å². The number of ether oxygens (including phenoxy) is 3. The molecular weight excluding hydrogens is 408 g/mol. The van der Waals surface area contributed by atoms with Gasteiger partial charge in [-0.05, 0) is 55.0 Å². The summed E-state index contributed by atoms with van der Waals surface area (Å²) in [5.74, 6) is 0.689. The fourth-order valence-electron chi connectivity index (χ4n) is 3.19. The summed E-state index contributed by atoms with van der Waals surface area (Å²) in [7, 11) is 1.49. The van der Waals surface area contributed by atoms with Gasteiger partial charge in [0.2, 0.25) is 6.79 Å². The van der Waals surface area contributed by atoms with Crippen molar-refractivity contribution < 1.29 is 23.8 Å². The topological polar surface area (TPSA) is 85.9 Å². The maximum atomic E-state index is 13.1. The number of methoxy groups -OCH3 is 1. The lowest BCUT2D eigenvalue weighted by atomic mass is 10.1. The molecule has 32 heavy (non-hydrogen) atoms. The van der Waals surface area contributed by atoms with Crippen LogP contribution in [0, 0.1) is 6.92 Å². The zero-order valence-corrected chi connectivity index (χ0v) is 17.7. The Morgan fingerprint density at radius 1 is 0.969 bits per heavy atom. The smallest absolute Gasteiger partial charge is 0.272 e. The Morgan fingerprint density at radius 2 is 1.72 bits per heavy atom. The van der Waals surface area contributed by atoms with Crippen molar-refractivity contribution in [1.82, 2.24) is 5.32 Å². The van der Waals surface area contributed by atoms with Crippen LogP contribution in [-0.2, 0) is 4.79 Å². The second-order valence-electron chi connectivity index (χ2n) is 7.15. The molecule has 0 bridgehead atoms. The van der Waals surface area contributed by atoms with Crippen molar-refractivity contribution >= 4 is 23.6 Å². The number of amides is 2. The monoisotopic (exact) mass is 430 g/mol. The Kier molecular flexibility index (Phi) is 6.07. The third kappa shape index (κ3) is 4.73. The van der Waals surface area contributed by atoms with Gasteiger partial charge < -0.3 is 24.8 Å². The third-order valence-corrected chi connectivity index (χ3v) is 4.86. The van der Waals surface area contributed by atoms with Crippen LogP contribution >= 0.6 is 0 Å². The van der Waals surface area contributed by atoms with Crippen molar-refractivity contribution in [3.63, 3.8) is 0 Å². The number of benzene rings is 3. The largest absolute Gasteiger partial charge is 0.496 e. The summed E-state index contributed by atoms with van der Waals surface area (Å²) in [5, 5.41) is 5.53. The second kappa shape index (κ2) is 9.26. The Bertz CT molecular complexity index is 1190. The number of rotatable bonds is 6. The van der Waals surface area contributed by atoms with Crippen molar-refractivity contribution in [3.8, 4) is 17.2 Å². The van der Waals surface area contributed by atoms with Crippen molar-refractivity contribution in [2.45, 2.75) is 6.92 Å². The Labute approximate surface area is 185 Å². The quantitative estimate of drug-likeness (QED) is 0.574. The van der Waals surface area contributed by atoms with Crippen LogP contribution in [0.4, 0.5) is 5.69 Å². The Hall–Kier alpha value is -4.26. The highest BCUT2D eigenvalue weighted by Gasteiger charge is 2.19. The van der Waals surface area contributed by atoms with Gasteiger partial charge in [0.1, 0.15) is 11.4 Å². The van der Waals surface area contributed by atoms with Gasteiger partial charge in [0.15, 0.2) is 11.5 Å². The van der Waals surface area contributed by atoms with Gasteiger partial charge in [-0.2, -0.15) is 0 Å². The summed E-state index contributed by atoms with van der Waals surface area (Å²) in [4.78, 5) is 26.0. The highest BCUT2D eigenvalue weighted by molar-refractivity contribution is 6.11. The molecule has 0 fully saturated rings. The Morgan fingerprint density at radius 3 is 2.50 bits per heavy atom. The van der Waals surface area contributed by atoms with Crippen molar-refractivity contribution in [2.75, 3.05) is 19.2 Å². The maximum Gasteiger partial charge on any atom is 0.272 e. The Balaban J connectivity index is 1.64. The van der Waals surface area contributed by atoms with E-state index in [1.165, 1.54) is 7.11 Å². The first-order valence-electron chi connectivity index (χ1n) is 9.97. The molecule has 0 radical (unpaired) electrons. The van der Waals surface area contributed by atoms with Crippen LogP contribution in [0.25, 0.3) is 6.08 Å². The molecule has 0 aliphatic carbocycles. The van der Waals surface area contributed by atoms with Gasteiger partial charge in [0.05, 0.1) is 12.7 Å². The molecule has 3 aromatic carbocycles. The number of carbonyl (C=O) groups is 2. The molecule has 7 nitrogen and oxygen atoms in total. The van der Waals surface area contributed by atoms with E-state index in [9.17, 15) is 9.59 Å². The molecule has 0 aromatic heterocycles. The van der Waals surface area contributed by atoms with E-state index in [0.29, 0.717) is 34.1 Å². The SMILES string of the molecule is COc1ccccc1C(=O)NC(=Cc1ccc2c(c1)OCO2)C(=O)Nc1ccc(C)cc1. The maximum absolute atomic E-state index is 13.1. The summed E-state index contributed by atoms with van der Waals surface area (Å²) >= 11 is 0.